The molecule has 1 N–H and O–H groups in total. The van der Waals surface area contributed by atoms with Crippen LogP contribution in [0, 0.1) is 0 Å². The molecule has 4 nitrogen and oxygen atoms in total. The van der Waals surface area contributed by atoms with Crippen LogP contribution in [0.15, 0.2) is 0 Å². The summed E-state index contributed by atoms with van der Waals surface area (Å²) in [4.78, 5) is 0. The molecule has 0 aromatic heterocycles. The summed E-state index contributed by atoms with van der Waals surface area (Å²) in [5, 5.41) is 8.74. The van der Waals surface area contributed by atoms with Gasteiger partial charge in [0.1, 0.15) is 6.10 Å². The van der Waals surface area contributed by atoms with Crippen LogP contribution < -0.4 is 0 Å². The second-order valence-corrected chi connectivity index (χ2v) is 2.97. The topological polar surface area (TPSA) is 51.2 Å². The minimum Gasteiger partial charge on any atom is -0.394 e. The molecule has 2 atom stereocenters. The van der Waals surface area contributed by atoms with Crippen LogP contribution in [0.2, 0.25) is 0 Å². The van der Waals surface area contributed by atoms with E-state index >= 15 is 0 Å². The molecule has 1 heterocycles. The third-order valence-electron chi connectivity index (χ3n) is 2.00. The van der Waals surface area contributed by atoms with Crippen molar-refractivity contribution in [2.75, 3.05) is 19.8 Å². The van der Waals surface area contributed by atoms with Crippen LogP contribution >= 0.6 is 0 Å². The highest BCUT2D eigenvalue weighted by Gasteiger charge is 2.40. The number of epoxide rings is 1. The quantitative estimate of drug-likeness (QED) is 0.470. The van der Waals surface area contributed by atoms with Gasteiger partial charge in [-0.2, -0.15) is 0 Å². The van der Waals surface area contributed by atoms with Gasteiger partial charge in [0, 0.05) is 19.6 Å². The molecule has 13 heavy (non-hydrogen) atoms. The summed E-state index contributed by atoms with van der Waals surface area (Å²) >= 11 is 0. The third kappa shape index (κ3) is 3.60. The molecule has 1 aliphatic heterocycles. The number of aliphatic hydroxyl groups is 1. The van der Waals surface area contributed by atoms with Gasteiger partial charge >= 0.3 is 0 Å². The van der Waals surface area contributed by atoms with Gasteiger partial charge in [0.2, 0.25) is 0 Å². The van der Waals surface area contributed by atoms with Crippen molar-refractivity contribution in [3.8, 4) is 0 Å². The molecule has 0 amide bonds. The van der Waals surface area contributed by atoms with E-state index in [0.29, 0.717) is 19.6 Å². The Labute approximate surface area is 78.8 Å². The fraction of sp³-hybridized carbons (Fsp3) is 1.00. The van der Waals surface area contributed by atoms with Crippen molar-refractivity contribution in [1.29, 1.82) is 0 Å². The van der Waals surface area contributed by atoms with E-state index in [1.165, 1.54) is 0 Å². The first-order valence-electron chi connectivity index (χ1n) is 4.81. The van der Waals surface area contributed by atoms with Crippen molar-refractivity contribution >= 4 is 0 Å². The number of hydrogen-bond donors (Lipinski definition) is 1. The van der Waals surface area contributed by atoms with Gasteiger partial charge in [-0.3, -0.25) is 0 Å². The predicted molar refractivity (Wildman–Crippen MR) is 47.4 cm³/mol. The monoisotopic (exact) mass is 190 g/mol. The summed E-state index contributed by atoms with van der Waals surface area (Å²) in [6.45, 7) is 5.24. The molecular formula is C9H18O4. The van der Waals surface area contributed by atoms with Crippen molar-refractivity contribution < 1.29 is 19.3 Å². The average Bonchev–Trinajstić information content (AvgIpc) is 2.84. The van der Waals surface area contributed by atoms with Crippen LogP contribution in [0.25, 0.3) is 0 Å². The van der Waals surface area contributed by atoms with Gasteiger partial charge in [-0.25, -0.2) is 0 Å². The molecule has 0 radical (unpaired) electrons. The molecule has 1 saturated heterocycles. The van der Waals surface area contributed by atoms with Crippen LogP contribution in [0.3, 0.4) is 0 Å². The Morgan fingerprint density at radius 1 is 1.23 bits per heavy atom. The molecule has 1 fully saturated rings. The Kier molecular flexibility index (Phi) is 4.66. The second-order valence-electron chi connectivity index (χ2n) is 2.97. The van der Waals surface area contributed by atoms with E-state index in [-0.39, 0.29) is 25.1 Å². The fourth-order valence-electron chi connectivity index (χ4n) is 1.29. The largest absolute Gasteiger partial charge is 0.394 e. The van der Waals surface area contributed by atoms with E-state index in [4.69, 9.17) is 19.3 Å². The number of hydrogen-bond acceptors (Lipinski definition) is 4. The Balaban J connectivity index is 2.15. The molecule has 0 aromatic carbocycles. The molecule has 0 bridgehead atoms. The van der Waals surface area contributed by atoms with E-state index in [9.17, 15) is 0 Å². The lowest BCUT2D eigenvalue weighted by molar-refractivity contribution is -0.141. The predicted octanol–water partition coefficient (Wildman–Crippen LogP) is 0.535. The van der Waals surface area contributed by atoms with Gasteiger partial charge in [-0.1, -0.05) is 0 Å². The number of aliphatic hydroxyl groups excluding tert-OH is 1. The maximum Gasteiger partial charge on any atom is 0.160 e. The summed E-state index contributed by atoms with van der Waals surface area (Å²) in [5.74, 6) is 0. The first-order valence-corrected chi connectivity index (χ1v) is 4.81. The van der Waals surface area contributed by atoms with Gasteiger partial charge in [-0.15, -0.1) is 0 Å². The second kappa shape index (κ2) is 5.54. The lowest BCUT2D eigenvalue weighted by Crippen LogP contribution is -2.20. The molecule has 0 spiro atoms. The summed E-state index contributed by atoms with van der Waals surface area (Å²) in [5.41, 5.74) is 0. The Hall–Kier alpha value is -0.160. The van der Waals surface area contributed by atoms with Crippen molar-refractivity contribution in [3.05, 3.63) is 0 Å². The number of rotatable bonds is 7. The van der Waals surface area contributed by atoms with E-state index in [1.807, 2.05) is 13.8 Å². The summed E-state index contributed by atoms with van der Waals surface area (Å²) in [6.07, 6.45) is 0.653. The van der Waals surface area contributed by atoms with Crippen molar-refractivity contribution in [1.82, 2.24) is 0 Å². The zero-order valence-electron chi connectivity index (χ0n) is 8.23. The molecule has 78 valence electrons. The van der Waals surface area contributed by atoms with Crippen molar-refractivity contribution in [2.45, 2.75) is 38.8 Å². The van der Waals surface area contributed by atoms with Crippen LogP contribution in [0.1, 0.15) is 20.3 Å². The van der Waals surface area contributed by atoms with E-state index in [2.05, 4.69) is 0 Å². The summed E-state index contributed by atoms with van der Waals surface area (Å²) < 4.78 is 15.9. The maximum atomic E-state index is 8.74. The molecule has 1 rings (SSSR count). The maximum absolute atomic E-state index is 8.74. The smallest absolute Gasteiger partial charge is 0.160 e. The minimum absolute atomic E-state index is 0.00316. The average molecular weight is 190 g/mol. The zero-order valence-corrected chi connectivity index (χ0v) is 8.23. The van der Waals surface area contributed by atoms with Crippen molar-refractivity contribution in [2.24, 2.45) is 0 Å². The normalized spacial score (nSPS) is 26.8. The molecule has 0 aromatic rings. The molecular weight excluding hydrogens is 172 g/mol. The van der Waals surface area contributed by atoms with E-state index in [1.54, 1.807) is 0 Å². The van der Waals surface area contributed by atoms with E-state index in [0.717, 1.165) is 0 Å². The van der Waals surface area contributed by atoms with Crippen molar-refractivity contribution in [3.63, 3.8) is 0 Å². The number of ether oxygens (including phenoxy) is 3. The lowest BCUT2D eigenvalue weighted by Gasteiger charge is -2.15. The highest BCUT2D eigenvalue weighted by atomic mass is 16.7. The minimum atomic E-state index is -0.184. The zero-order chi connectivity index (χ0) is 9.68. The first-order chi connectivity index (χ1) is 6.31. The third-order valence-corrected chi connectivity index (χ3v) is 2.00. The fourth-order valence-corrected chi connectivity index (χ4v) is 1.29. The SMILES string of the molecule is CCOC(C[C@@H]1O[C@H]1CO)OCC. The highest BCUT2D eigenvalue weighted by Crippen LogP contribution is 2.27. The molecule has 0 saturated carbocycles. The van der Waals surface area contributed by atoms with Gasteiger partial charge in [-0.05, 0) is 13.8 Å². The molecule has 1 aliphatic rings. The Bertz CT molecular complexity index is 134. The first kappa shape index (κ1) is 10.9. The highest BCUT2D eigenvalue weighted by molar-refractivity contribution is 4.84. The van der Waals surface area contributed by atoms with Gasteiger partial charge in [0.05, 0.1) is 12.7 Å². The van der Waals surface area contributed by atoms with Gasteiger partial charge < -0.3 is 19.3 Å². The Morgan fingerprint density at radius 3 is 2.23 bits per heavy atom. The van der Waals surface area contributed by atoms with Gasteiger partial charge in [0.25, 0.3) is 0 Å². The Morgan fingerprint density at radius 2 is 1.85 bits per heavy atom. The molecule has 4 heteroatoms. The molecule has 0 unspecified atom stereocenters. The van der Waals surface area contributed by atoms with E-state index < -0.39 is 0 Å². The van der Waals surface area contributed by atoms with Crippen LogP contribution in [-0.2, 0) is 14.2 Å². The van der Waals surface area contributed by atoms with Crippen LogP contribution in [0.4, 0.5) is 0 Å². The lowest BCUT2D eigenvalue weighted by atomic mass is 10.2. The van der Waals surface area contributed by atoms with Crippen LogP contribution in [0.5, 0.6) is 0 Å². The van der Waals surface area contributed by atoms with Gasteiger partial charge in [0.15, 0.2) is 6.29 Å². The summed E-state index contributed by atoms with van der Waals surface area (Å²) in [7, 11) is 0. The van der Waals surface area contributed by atoms with Crippen LogP contribution in [-0.4, -0.2) is 43.4 Å². The standard InChI is InChI=1S/C9H18O4/c1-3-11-9(12-4-2)5-7-8(6-10)13-7/h7-10H,3-6H2,1-2H3/t7-,8-/m0/s1. The summed E-state index contributed by atoms with van der Waals surface area (Å²) in [6, 6.07) is 0. The molecule has 0 aliphatic carbocycles.